The maximum Gasteiger partial charge on any atom is 0.0466 e. The molecule has 4 nitrogen and oxygen atoms in total. The average Bonchev–Trinajstić information content (AvgIpc) is 2.42. The highest BCUT2D eigenvalue weighted by molar-refractivity contribution is 4.78. The highest BCUT2D eigenvalue weighted by Crippen LogP contribution is 2.12. The van der Waals surface area contributed by atoms with Crippen molar-refractivity contribution in [1.82, 2.24) is 15.1 Å². The van der Waals surface area contributed by atoms with Gasteiger partial charge in [0.1, 0.15) is 0 Å². The monoisotopic (exact) mass is 271 g/mol. The number of nitrogens with one attached hydrogen (secondary N) is 1. The Balaban J connectivity index is 1.94. The average molecular weight is 271 g/mol. The Kier molecular flexibility index (Phi) is 9.43. The summed E-state index contributed by atoms with van der Waals surface area (Å²) in [5.74, 6) is 0. The van der Waals surface area contributed by atoms with E-state index in [0.29, 0.717) is 0 Å². The van der Waals surface area contributed by atoms with Gasteiger partial charge in [-0.1, -0.05) is 0 Å². The molecule has 0 aromatic carbocycles. The van der Waals surface area contributed by atoms with Gasteiger partial charge in [-0.05, 0) is 59.8 Å². The van der Waals surface area contributed by atoms with Crippen LogP contribution in [0.15, 0.2) is 0 Å². The maximum absolute atomic E-state index is 5.33. The molecule has 1 aliphatic rings. The van der Waals surface area contributed by atoms with Gasteiger partial charge in [0.25, 0.3) is 0 Å². The number of hydrogen-bond acceptors (Lipinski definition) is 4. The predicted octanol–water partition coefficient (Wildman–Crippen LogP) is 1.42. The van der Waals surface area contributed by atoms with Crippen molar-refractivity contribution in [2.24, 2.45) is 0 Å². The van der Waals surface area contributed by atoms with Crippen LogP contribution in [0.25, 0.3) is 0 Å². The minimum atomic E-state index is 0.750. The molecular weight excluding hydrogens is 238 g/mol. The molecule has 0 bridgehead atoms. The zero-order chi connectivity index (χ0) is 13.9. The first-order valence-corrected chi connectivity index (χ1v) is 7.91. The van der Waals surface area contributed by atoms with Gasteiger partial charge >= 0.3 is 0 Å². The molecule has 19 heavy (non-hydrogen) atoms. The second kappa shape index (κ2) is 10.6. The zero-order valence-corrected chi connectivity index (χ0v) is 13.2. The third kappa shape index (κ3) is 7.88. The van der Waals surface area contributed by atoms with Gasteiger partial charge in [0, 0.05) is 38.9 Å². The number of likely N-dealkylation sites (N-methyl/N-ethyl adjacent to an activating group) is 1. The van der Waals surface area contributed by atoms with Crippen LogP contribution in [0.5, 0.6) is 0 Å². The molecule has 1 N–H and O–H groups in total. The lowest BCUT2D eigenvalue weighted by Crippen LogP contribution is -2.46. The zero-order valence-electron chi connectivity index (χ0n) is 13.2. The van der Waals surface area contributed by atoms with Gasteiger partial charge in [-0.25, -0.2) is 0 Å². The van der Waals surface area contributed by atoms with E-state index in [1.807, 2.05) is 0 Å². The molecule has 0 aromatic heterocycles. The lowest BCUT2D eigenvalue weighted by molar-refractivity contribution is 0.133. The van der Waals surface area contributed by atoms with Crippen molar-refractivity contribution in [3.8, 4) is 0 Å². The SMILES string of the molecule is CCOCCCCNCCN1CCCC(N(C)C)C1. The summed E-state index contributed by atoms with van der Waals surface area (Å²) in [5.41, 5.74) is 0. The Hall–Kier alpha value is -0.160. The van der Waals surface area contributed by atoms with Crippen molar-refractivity contribution in [2.45, 2.75) is 38.6 Å². The van der Waals surface area contributed by atoms with E-state index in [2.05, 4.69) is 36.1 Å². The van der Waals surface area contributed by atoms with Crippen molar-refractivity contribution < 1.29 is 4.74 Å². The summed E-state index contributed by atoms with van der Waals surface area (Å²) in [6, 6.07) is 0.750. The Bertz CT molecular complexity index is 212. The lowest BCUT2D eigenvalue weighted by Gasteiger charge is -2.36. The smallest absolute Gasteiger partial charge is 0.0466 e. The maximum atomic E-state index is 5.33. The van der Waals surface area contributed by atoms with Gasteiger partial charge in [-0.15, -0.1) is 0 Å². The van der Waals surface area contributed by atoms with Crippen molar-refractivity contribution >= 4 is 0 Å². The number of likely N-dealkylation sites (tertiary alicyclic amines) is 1. The fourth-order valence-electron chi connectivity index (χ4n) is 2.62. The number of unbranched alkanes of at least 4 members (excludes halogenated alkanes) is 1. The summed E-state index contributed by atoms with van der Waals surface area (Å²) in [4.78, 5) is 4.97. The van der Waals surface area contributed by atoms with E-state index in [9.17, 15) is 0 Å². The number of hydrogen-bond donors (Lipinski definition) is 1. The Labute approximate surface area is 119 Å². The number of nitrogens with zero attached hydrogens (tertiary/aromatic N) is 2. The molecule has 1 saturated heterocycles. The third-order valence-electron chi connectivity index (χ3n) is 3.91. The number of rotatable bonds is 10. The van der Waals surface area contributed by atoms with Crippen LogP contribution in [0.3, 0.4) is 0 Å². The van der Waals surface area contributed by atoms with Crippen molar-refractivity contribution in [3.63, 3.8) is 0 Å². The van der Waals surface area contributed by atoms with Gasteiger partial charge in [0.05, 0.1) is 0 Å². The van der Waals surface area contributed by atoms with E-state index in [0.717, 1.165) is 32.3 Å². The first kappa shape index (κ1) is 16.9. The molecule has 0 radical (unpaired) electrons. The first-order chi connectivity index (χ1) is 9.24. The normalized spacial score (nSPS) is 21.2. The van der Waals surface area contributed by atoms with Crippen LogP contribution in [0.2, 0.25) is 0 Å². The molecule has 1 heterocycles. The summed E-state index contributed by atoms with van der Waals surface area (Å²) in [5, 5.41) is 3.54. The standard InChI is InChI=1S/C15H33N3O/c1-4-19-13-6-5-9-16-10-12-18-11-7-8-15(14-18)17(2)3/h15-16H,4-14H2,1-3H3. The molecule has 114 valence electrons. The van der Waals surface area contributed by atoms with E-state index in [1.165, 1.54) is 45.3 Å². The molecular formula is C15H33N3O. The molecule has 0 aromatic rings. The minimum Gasteiger partial charge on any atom is -0.382 e. The largest absolute Gasteiger partial charge is 0.382 e. The van der Waals surface area contributed by atoms with E-state index in [-0.39, 0.29) is 0 Å². The molecule has 1 atom stereocenters. The second-order valence-corrected chi connectivity index (χ2v) is 5.71. The van der Waals surface area contributed by atoms with Crippen LogP contribution in [0, 0.1) is 0 Å². The molecule has 4 heteroatoms. The number of ether oxygens (including phenoxy) is 1. The fourth-order valence-corrected chi connectivity index (χ4v) is 2.62. The molecule has 0 saturated carbocycles. The molecule has 1 fully saturated rings. The summed E-state index contributed by atoms with van der Waals surface area (Å²) < 4.78 is 5.33. The summed E-state index contributed by atoms with van der Waals surface area (Å²) in [7, 11) is 4.40. The Morgan fingerprint density at radius 3 is 2.84 bits per heavy atom. The molecule has 1 aliphatic heterocycles. The Morgan fingerprint density at radius 1 is 1.26 bits per heavy atom. The van der Waals surface area contributed by atoms with Crippen LogP contribution in [-0.2, 0) is 4.74 Å². The molecule has 1 rings (SSSR count). The quantitative estimate of drug-likeness (QED) is 0.608. The molecule has 1 unspecified atom stereocenters. The van der Waals surface area contributed by atoms with E-state index in [4.69, 9.17) is 4.74 Å². The van der Waals surface area contributed by atoms with Crippen molar-refractivity contribution in [1.29, 1.82) is 0 Å². The van der Waals surface area contributed by atoms with Crippen molar-refractivity contribution in [3.05, 3.63) is 0 Å². The van der Waals surface area contributed by atoms with Gasteiger partial charge in [-0.3, -0.25) is 0 Å². The van der Waals surface area contributed by atoms with Crippen molar-refractivity contribution in [2.75, 3.05) is 60.0 Å². The van der Waals surface area contributed by atoms with Crippen LogP contribution in [-0.4, -0.2) is 75.9 Å². The Morgan fingerprint density at radius 2 is 2.11 bits per heavy atom. The first-order valence-electron chi connectivity index (χ1n) is 7.91. The van der Waals surface area contributed by atoms with Gasteiger partial charge in [0.2, 0.25) is 0 Å². The molecule has 0 spiro atoms. The van der Waals surface area contributed by atoms with E-state index < -0.39 is 0 Å². The van der Waals surface area contributed by atoms with Crippen LogP contribution in [0.1, 0.15) is 32.6 Å². The fraction of sp³-hybridized carbons (Fsp3) is 1.00. The van der Waals surface area contributed by atoms with E-state index in [1.54, 1.807) is 0 Å². The summed E-state index contributed by atoms with van der Waals surface area (Å²) in [6.45, 7) is 9.75. The number of piperidine rings is 1. The molecule has 0 amide bonds. The highest BCUT2D eigenvalue weighted by Gasteiger charge is 2.20. The summed E-state index contributed by atoms with van der Waals surface area (Å²) >= 11 is 0. The highest BCUT2D eigenvalue weighted by atomic mass is 16.5. The summed E-state index contributed by atoms with van der Waals surface area (Å²) in [6.07, 6.45) is 5.10. The van der Waals surface area contributed by atoms with Crippen LogP contribution >= 0.6 is 0 Å². The topological polar surface area (TPSA) is 27.7 Å². The van der Waals surface area contributed by atoms with E-state index >= 15 is 0 Å². The minimum absolute atomic E-state index is 0.750. The lowest BCUT2D eigenvalue weighted by atomic mass is 10.1. The predicted molar refractivity (Wildman–Crippen MR) is 81.7 cm³/mol. The van der Waals surface area contributed by atoms with Gasteiger partial charge in [0.15, 0.2) is 0 Å². The van der Waals surface area contributed by atoms with Gasteiger partial charge in [-0.2, -0.15) is 0 Å². The van der Waals surface area contributed by atoms with Crippen LogP contribution < -0.4 is 5.32 Å². The van der Waals surface area contributed by atoms with Gasteiger partial charge < -0.3 is 19.9 Å². The second-order valence-electron chi connectivity index (χ2n) is 5.71. The third-order valence-corrected chi connectivity index (χ3v) is 3.91. The molecule has 0 aliphatic carbocycles. The van der Waals surface area contributed by atoms with Crippen LogP contribution in [0.4, 0.5) is 0 Å².